The number of nitrogens with zero attached hydrogens (tertiary/aromatic N) is 2. The summed E-state index contributed by atoms with van der Waals surface area (Å²) in [5.41, 5.74) is 20.1. The fraction of sp³-hybridized carbons (Fsp3) is 0.111. The topological polar surface area (TPSA) is 8.17 Å². The maximum Gasteiger partial charge on any atom is 0.0541 e. The van der Waals surface area contributed by atoms with Gasteiger partial charge in [-0.1, -0.05) is 155 Å². The molecule has 0 saturated carbocycles. The predicted molar refractivity (Wildman–Crippen MR) is 236 cm³/mol. The van der Waals surface area contributed by atoms with Gasteiger partial charge in [-0.3, -0.25) is 0 Å². The monoisotopic (exact) mass is 718 g/mol. The molecule has 0 bridgehead atoms. The van der Waals surface area contributed by atoms with Gasteiger partial charge in [0.2, 0.25) is 0 Å². The molecule has 0 unspecified atom stereocenters. The van der Waals surface area contributed by atoms with Crippen molar-refractivity contribution in [3.05, 3.63) is 204 Å². The molecule has 0 N–H and O–H groups in total. The van der Waals surface area contributed by atoms with Gasteiger partial charge in [-0.25, -0.2) is 0 Å². The Labute approximate surface area is 328 Å². The summed E-state index contributed by atoms with van der Waals surface area (Å²) in [6, 6.07) is 67.6. The third-order valence-corrected chi connectivity index (χ3v) is 12.8. The largest absolute Gasteiger partial charge is 0.310 e. The van der Waals surface area contributed by atoms with Crippen LogP contribution in [-0.4, -0.2) is 4.57 Å². The maximum atomic E-state index is 2.49. The van der Waals surface area contributed by atoms with Gasteiger partial charge in [0.25, 0.3) is 0 Å². The molecular weight excluding hydrogens is 677 g/mol. The Balaban J connectivity index is 1.09. The number of hydrogen-bond donors (Lipinski definition) is 0. The number of rotatable bonds is 5. The van der Waals surface area contributed by atoms with E-state index in [4.69, 9.17) is 0 Å². The van der Waals surface area contributed by atoms with E-state index in [0.717, 1.165) is 22.7 Å². The first-order chi connectivity index (χ1) is 27.3. The van der Waals surface area contributed by atoms with Crippen LogP contribution in [0.5, 0.6) is 0 Å². The molecule has 2 heteroatoms. The van der Waals surface area contributed by atoms with Gasteiger partial charge >= 0.3 is 0 Å². The van der Waals surface area contributed by atoms with E-state index in [1.165, 1.54) is 77.4 Å². The zero-order valence-corrected chi connectivity index (χ0v) is 32.2. The summed E-state index contributed by atoms with van der Waals surface area (Å²) in [7, 11) is 0. The Morgan fingerprint density at radius 1 is 0.375 bits per heavy atom. The summed E-state index contributed by atoms with van der Waals surface area (Å²) in [6.07, 6.45) is 0. The summed E-state index contributed by atoms with van der Waals surface area (Å²) in [5.74, 6) is 0. The van der Waals surface area contributed by atoms with Crippen LogP contribution in [0.1, 0.15) is 49.9 Å². The van der Waals surface area contributed by atoms with Crippen molar-refractivity contribution < 1.29 is 0 Å². The van der Waals surface area contributed by atoms with E-state index < -0.39 is 0 Å². The molecule has 268 valence electrons. The van der Waals surface area contributed by atoms with Gasteiger partial charge in [0.15, 0.2) is 0 Å². The Hall–Kier alpha value is -6.64. The lowest BCUT2D eigenvalue weighted by Crippen LogP contribution is -2.17. The van der Waals surface area contributed by atoms with E-state index in [1.807, 2.05) is 0 Å². The van der Waals surface area contributed by atoms with Crippen LogP contribution in [0.25, 0.3) is 60.9 Å². The van der Waals surface area contributed by atoms with Gasteiger partial charge in [-0.05, 0) is 105 Å². The fourth-order valence-corrected chi connectivity index (χ4v) is 10.0. The average molecular weight is 719 g/mol. The van der Waals surface area contributed by atoms with E-state index in [0.29, 0.717) is 0 Å². The second-order valence-corrected chi connectivity index (χ2v) is 16.6. The third-order valence-electron chi connectivity index (χ3n) is 12.8. The maximum absolute atomic E-state index is 2.49. The zero-order chi connectivity index (χ0) is 37.8. The van der Waals surface area contributed by atoms with Gasteiger partial charge in [0.05, 0.1) is 16.7 Å². The first-order valence-electron chi connectivity index (χ1n) is 19.8. The Morgan fingerprint density at radius 3 is 1.54 bits per heavy atom. The van der Waals surface area contributed by atoms with Crippen molar-refractivity contribution in [2.45, 2.75) is 38.5 Å². The molecule has 0 saturated heterocycles. The molecule has 0 aliphatic heterocycles. The lowest BCUT2D eigenvalue weighted by Gasteiger charge is -2.30. The minimum absolute atomic E-state index is 0.0608. The molecule has 11 rings (SSSR count). The molecule has 2 nitrogen and oxygen atoms in total. The van der Waals surface area contributed by atoms with E-state index in [-0.39, 0.29) is 10.8 Å². The van der Waals surface area contributed by atoms with Gasteiger partial charge in [0.1, 0.15) is 0 Å². The van der Waals surface area contributed by atoms with Crippen LogP contribution in [0.2, 0.25) is 0 Å². The van der Waals surface area contributed by atoms with Gasteiger partial charge in [-0.15, -0.1) is 0 Å². The molecule has 0 spiro atoms. The highest BCUT2D eigenvalue weighted by atomic mass is 15.1. The van der Waals surface area contributed by atoms with Crippen LogP contribution in [0, 0.1) is 0 Å². The summed E-state index contributed by atoms with van der Waals surface area (Å²) < 4.78 is 2.39. The van der Waals surface area contributed by atoms with Crippen LogP contribution >= 0.6 is 0 Å². The van der Waals surface area contributed by atoms with Crippen LogP contribution in [0.15, 0.2) is 182 Å². The van der Waals surface area contributed by atoms with Gasteiger partial charge < -0.3 is 9.47 Å². The fourth-order valence-electron chi connectivity index (χ4n) is 10.0. The zero-order valence-electron chi connectivity index (χ0n) is 32.2. The van der Waals surface area contributed by atoms with E-state index in [2.05, 4.69) is 219 Å². The summed E-state index contributed by atoms with van der Waals surface area (Å²) in [6.45, 7) is 9.45. The summed E-state index contributed by atoms with van der Waals surface area (Å²) in [5, 5.41) is 2.54. The van der Waals surface area contributed by atoms with Crippen molar-refractivity contribution in [1.82, 2.24) is 4.57 Å². The van der Waals surface area contributed by atoms with Crippen LogP contribution in [0.4, 0.5) is 17.1 Å². The average Bonchev–Trinajstić information content (AvgIpc) is 3.78. The standard InChI is InChI=1S/C54H42N2/c1-53(2)47-21-11-6-17-41(47)45-33-37(30-32-48(45)53)55(38-29-31-42-40-16-5-10-20-46(40)54(3,4)49(42)34-38)50-22-12-7-15-39(50)35-25-27-36(28-26-35)56-51-23-13-8-18-43(51)44-19-9-14-24-52(44)56/h5-34H,1-4H3. The van der Waals surface area contributed by atoms with Crippen LogP contribution < -0.4 is 4.90 Å². The molecule has 2 aliphatic rings. The second kappa shape index (κ2) is 11.9. The molecule has 0 atom stereocenters. The van der Waals surface area contributed by atoms with Crippen molar-refractivity contribution in [3.63, 3.8) is 0 Å². The van der Waals surface area contributed by atoms with E-state index >= 15 is 0 Å². The van der Waals surface area contributed by atoms with Crippen molar-refractivity contribution in [3.8, 4) is 39.1 Å². The minimum atomic E-state index is -0.114. The molecule has 8 aromatic carbocycles. The van der Waals surface area contributed by atoms with Gasteiger partial charge in [0, 0.05) is 44.2 Å². The van der Waals surface area contributed by atoms with Crippen molar-refractivity contribution >= 4 is 38.9 Å². The van der Waals surface area contributed by atoms with E-state index in [9.17, 15) is 0 Å². The highest BCUT2D eigenvalue weighted by Gasteiger charge is 2.37. The first kappa shape index (κ1) is 32.8. The lowest BCUT2D eigenvalue weighted by molar-refractivity contribution is 0.660. The Morgan fingerprint density at radius 2 is 0.857 bits per heavy atom. The molecule has 9 aromatic rings. The number of fused-ring (bicyclic) bond motifs is 9. The van der Waals surface area contributed by atoms with Crippen LogP contribution in [0.3, 0.4) is 0 Å². The molecule has 1 aromatic heterocycles. The Kier molecular flexibility index (Phi) is 6.98. The molecule has 2 aliphatic carbocycles. The molecule has 0 amide bonds. The quantitative estimate of drug-likeness (QED) is 0.172. The lowest BCUT2D eigenvalue weighted by atomic mass is 9.82. The third kappa shape index (κ3) is 4.62. The minimum Gasteiger partial charge on any atom is -0.310 e. The Bertz CT molecular complexity index is 2980. The highest BCUT2D eigenvalue weighted by molar-refractivity contribution is 6.09. The molecular formula is C54H42N2. The van der Waals surface area contributed by atoms with Gasteiger partial charge in [-0.2, -0.15) is 0 Å². The highest BCUT2D eigenvalue weighted by Crippen LogP contribution is 2.53. The summed E-state index contributed by atoms with van der Waals surface area (Å²) >= 11 is 0. The van der Waals surface area contributed by atoms with Crippen molar-refractivity contribution in [2.75, 3.05) is 4.90 Å². The molecule has 0 fully saturated rings. The number of benzene rings is 8. The number of aromatic nitrogens is 1. The van der Waals surface area contributed by atoms with Crippen LogP contribution in [-0.2, 0) is 10.8 Å². The first-order valence-corrected chi connectivity index (χ1v) is 19.8. The molecule has 56 heavy (non-hydrogen) atoms. The predicted octanol–water partition coefficient (Wildman–Crippen LogP) is 14.5. The van der Waals surface area contributed by atoms with Crippen molar-refractivity contribution in [2.24, 2.45) is 0 Å². The van der Waals surface area contributed by atoms with E-state index in [1.54, 1.807) is 0 Å². The number of anilines is 3. The number of hydrogen-bond acceptors (Lipinski definition) is 1. The normalized spacial score (nSPS) is 14.4. The molecule has 1 heterocycles. The smallest absolute Gasteiger partial charge is 0.0541 e. The SMILES string of the molecule is CC1(C)c2ccccc2-c2cc(N(c3ccc4c(c3)C(C)(C)c3ccccc3-4)c3ccccc3-c3ccc(-n4c5ccccc5c5ccccc54)cc3)ccc21. The summed E-state index contributed by atoms with van der Waals surface area (Å²) in [4.78, 5) is 2.49. The number of para-hydroxylation sites is 3. The second-order valence-electron chi connectivity index (χ2n) is 16.6. The van der Waals surface area contributed by atoms with Crippen molar-refractivity contribution in [1.29, 1.82) is 0 Å². The molecule has 0 radical (unpaired) electrons.